The summed E-state index contributed by atoms with van der Waals surface area (Å²) in [7, 11) is 2.74. The summed E-state index contributed by atoms with van der Waals surface area (Å²) >= 11 is 0. The third kappa shape index (κ3) is 2.06. The molecule has 120 valence electrons. The summed E-state index contributed by atoms with van der Waals surface area (Å²) in [4.78, 5) is 24.7. The fourth-order valence-corrected chi connectivity index (χ4v) is 2.58. The molecule has 24 heavy (non-hydrogen) atoms. The maximum Gasteiger partial charge on any atom is 0.503 e. The molecule has 2 aliphatic heterocycles. The van der Waals surface area contributed by atoms with Gasteiger partial charge >= 0.3 is 17.1 Å². The minimum Gasteiger partial charge on any atom is -0.404 e. The van der Waals surface area contributed by atoms with E-state index in [0.29, 0.717) is 5.56 Å². The van der Waals surface area contributed by atoms with Crippen LogP contribution in [-0.4, -0.2) is 4.57 Å². The second kappa shape index (κ2) is 5.31. The zero-order chi connectivity index (χ0) is 17.6. The molecule has 0 unspecified atom stereocenters. The number of benzene rings is 1. The Balaban J connectivity index is 2.60. The highest BCUT2D eigenvalue weighted by atomic mass is 19.1. The number of nitrogens with two attached hydrogens (primary N) is 1. The highest BCUT2D eigenvalue weighted by molar-refractivity contribution is 5.86. The van der Waals surface area contributed by atoms with Crippen LogP contribution in [0.4, 0.5) is 10.3 Å². The Bertz CT molecular complexity index is 1090. The molecule has 0 bridgehead atoms. The summed E-state index contributed by atoms with van der Waals surface area (Å²) in [6.07, 6.45) is 0. The average molecular weight is 327 g/mol. The maximum absolute atomic E-state index is 13.2. The van der Waals surface area contributed by atoms with E-state index in [4.69, 9.17) is 10.2 Å². The van der Waals surface area contributed by atoms with Crippen LogP contribution in [0.15, 0.2) is 38.3 Å². The molecule has 7 nitrogen and oxygen atoms in total. The van der Waals surface area contributed by atoms with Crippen molar-refractivity contribution in [3.8, 4) is 28.7 Å². The van der Waals surface area contributed by atoms with Gasteiger partial charge in [-0.05, 0) is 17.7 Å². The normalized spacial score (nSPS) is 10.8. The number of nitriles is 1. The molecular weight excluding hydrogens is 315 g/mol. The van der Waals surface area contributed by atoms with Gasteiger partial charge in [0.15, 0.2) is 5.56 Å². The third-order valence-corrected chi connectivity index (χ3v) is 3.81. The topological polar surface area (TPSA) is 106 Å². The lowest BCUT2D eigenvalue weighted by atomic mass is 9.96. The molecule has 0 aliphatic carbocycles. The second-order valence-electron chi connectivity index (χ2n) is 5.22. The first kappa shape index (κ1) is 15.4. The average Bonchev–Trinajstić information content (AvgIpc) is 2.57. The lowest BCUT2D eigenvalue weighted by molar-refractivity contribution is -0.688. The first-order valence-corrected chi connectivity index (χ1v) is 6.88. The molecule has 0 saturated heterocycles. The van der Waals surface area contributed by atoms with Crippen LogP contribution in [0.3, 0.4) is 0 Å². The first-order chi connectivity index (χ1) is 11.4. The molecule has 2 N–H and O–H groups in total. The van der Waals surface area contributed by atoms with Crippen molar-refractivity contribution in [3.63, 3.8) is 0 Å². The summed E-state index contributed by atoms with van der Waals surface area (Å²) in [5.41, 5.74) is 5.15. The fourth-order valence-electron chi connectivity index (χ4n) is 2.58. The quantitative estimate of drug-likeness (QED) is 0.656. The van der Waals surface area contributed by atoms with Crippen molar-refractivity contribution in [3.05, 3.63) is 56.5 Å². The van der Waals surface area contributed by atoms with E-state index >= 15 is 0 Å². The summed E-state index contributed by atoms with van der Waals surface area (Å²) in [5, 5.41) is 9.42. The molecule has 0 saturated carbocycles. The molecule has 2 heterocycles. The molecule has 3 rings (SSSR count). The van der Waals surface area contributed by atoms with E-state index in [1.54, 1.807) is 0 Å². The molecular formula is C16H12FN4O3+. The molecule has 0 atom stereocenters. The van der Waals surface area contributed by atoms with Crippen LogP contribution in [0.25, 0.3) is 22.6 Å². The molecule has 1 aromatic carbocycles. The Morgan fingerprint density at radius 2 is 1.88 bits per heavy atom. The van der Waals surface area contributed by atoms with Crippen LogP contribution in [0, 0.1) is 17.1 Å². The van der Waals surface area contributed by atoms with Gasteiger partial charge in [-0.3, -0.25) is 0 Å². The van der Waals surface area contributed by atoms with E-state index in [0.717, 1.165) is 9.13 Å². The highest BCUT2D eigenvalue weighted by Crippen LogP contribution is 2.35. The van der Waals surface area contributed by atoms with Crippen LogP contribution in [-0.2, 0) is 14.1 Å². The van der Waals surface area contributed by atoms with Crippen LogP contribution in [0.5, 0.6) is 0 Å². The first-order valence-electron chi connectivity index (χ1n) is 6.88. The number of hydrogen-bond acceptors (Lipinski definition) is 5. The molecule has 1 aromatic rings. The zero-order valence-corrected chi connectivity index (χ0v) is 12.8. The van der Waals surface area contributed by atoms with E-state index in [1.807, 2.05) is 6.07 Å². The Kier molecular flexibility index (Phi) is 3.41. The zero-order valence-electron chi connectivity index (χ0n) is 12.8. The lowest BCUT2D eigenvalue weighted by Crippen LogP contribution is -2.57. The summed E-state index contributed by atoms with van der Waals surface area (Å²) in [6.45, 7) is 0. The summed E-state index contributed by atoms with van der Waals surface area (Å²) < 4.78 is 20.6. The Labute approximate surface area is 135 Å². The number of halogens is 1. The van der Waals surface area contributed by atoms with Gasteiger partial charge in [0.05, 0.1) is 14.1 Å². The third-order valence-electron chi connectivity index (χ3n) is 3.81. The van der Waals surface area contributed by atoms with Crippen LogP contribution in [0.1, 0.15) is 5.56 Å². The monoisotopic (exact) mass is 327 g/mol. The van der Waals surface area contributed by atoms with Gasteiger partial charge < -0.3 is 10.2 Å². The van der Waals surface area contributed by atoms with Crippen molar-refractivity contribution in [1.82, 2.24) is 4.57 Å². The van der Waals surface area contributed by atoms with Gasteiger partial charge in [-0.2, -0.15) is 19.2 Å². The smallest absolute Gasteiger partial charge is 0.404 e. The minimum absolute atomic E-state index is 0.0250. The number of nitrogens with zero attached hydrogens (tertiary/aromatic N) is 3. The Morgan fingerprint density at radius 3 is 2.46 bits per heavy atom. The van der Waals surface area contributed by atoms with E-state index in [1.165, 1.54) is 38.4 Å². The standard InChI is InChI=1S/C16H11FN4O3/c1-20-14(22)12-11(8-3-5-9(17)6-4-8)10(7-18)13(19)24-15(12)21(2)16(20)23/h3-6,19H,1-2H3/p+1. The Hall–Kier alpha value is -3.47. The largest absolute Gasteiger partial charge is 0.503 e. The van der Waals surface area contributed by atoms with Crippen molar-refractivity contribution < 1.29 is 13.4 Å². The predicted octanol–water partition coefficient (Wildman–Crippen LogP) is 0.528. The van der Waals surface area contributed by atoms with Gasteiger partial charge in [0, 0.05) is 5.56 Å². The van der Waals surface area contributed by atoms with Crippen LogP contribution >= 0.6 is 0 Å². The summed E-state index contributed by atoms with van der Waals surface area (Å²) in [6, 6.07) is 7.16. The molecule has 0 radical (unpaired) electrons. The predicted molar refractivity (Wildman–Crippen MR) is 82.5 cm³/mol. The van der Waals surface area contributed by atoms with Crippen molar-refractivity contribution in [2.24, 2.45) is 14.1 Å². The minimum atomic E-state index is -0.632. The van der Waals surface area contributed by atoms with E-state index in [9.17, 15) is 19.2 Å². The van der Waals surface area contributed by atoms with Gasteiger partial charge in [-0.25, -0.2) is 9.18 Å². The lowest BCUT2D eigenvalue weighted by Gasteiger charge is -2.13. The van der Waals surface area contributed by atoms with Gasteiger partial charge in [-0.1, -0.05) is 12.1 Å². The second-order valence-corrected chi connectivity index (χ2v) is 5.22. The SMILES string of the molecule is Cn1c(=O)c2c(-c3ccc(F)cc3)c(C#N)c(N)oc-2[n+](C)c1=O. The molecule has 0 fully saturated rings. The van der Waals surface area contributed by atoms with E-state index in [2.05, 4.69) is 0 Å². The van der Waals surface area contributed by atoms with E-state index < -0.39 is 17.1 Å². The van der Waals surface area contributed by atoms with Crippen molar-refractivity contribution in [2.45, 2.75) is 0 Å². The number of anilines is 1. The molecule has 8 heteroatoms. The van der Waals surface area contributed by atoms with Crippen molar-refractivity contribution in [2.75, 3.05) is 5.73 Å². The van der Waals surface area contributed by atoms with Gasteiger partial charge in [0.1, 0.15) is 17.4 Å². The summed E-state index contributed by atoms with van der Waals surface area (Å²) in [5.74, 6) is -0.748. The Morgan fingerprint density at radius 1 is 1.25 bits per heavy atom. The molecule has 0 aromatic heterocycles. The molecule has 0 amide bonds. The van der Waals surface area contributed by atoms with Gasteiger partial charge in [0.25, 0.3) is 0 Å². The van der Waals surface area contributed by atoms with E-state index in [-0.39, 0.29) is 28.5 Å². The van der Waals surface area contributed by atoms with Crippen molar-refractivity contribution >= 4 is 5.88 Å². The molecule has 2 aliphatic rings. The number of aromatic nitrogens is 2. The number of rotatable bonds is 1. The van der Waals surface area contributed by atoms with Crippen LogP contribution in [0.2, 0.25) is 0 Å². The maximum atomic E-state index is 13.2. The fraction of sp³-hybridized carbons (Fsp3) is 0.125. The number of nitrogen functional groups attached to an aromatic ring is 1. The molecule has 0 spiro atoms. The number of fused-ring (bicyclic) bond motifs is 1. The number of hydrogen-bond donors (Lipinski definition) is 1. The van der Waals surface area contributed by atoms with Crippen molar-refractivity contribution in [1.29, 1.82) is 5.26 Å². The van der Waals surface area contributed by atoms with Gasteiger partial charge in [0.2, 0.25) is 5.88 Å². The highest BCUT2D eigenvalue weighted by Gasteiger charge is 2.32. The van der Waals surface area contributed by atoms with Crippen LogP contribution < -0.4 is 21.5 Å². The van der Waals surface area contributed by atoms with Gasteiger partial charge in [-0.15, -0.1) is 0 Å².